The fourth-order valence-electron chi connectivity index (χ4n) is 1.12. The van der Waals surface area contributed by atoms with E-state index in [1.54, 1.807) is 0 Å². The molecule has 5 nitrogen and oxygen atoms in total. The molecule has 0 unspecified atom stereocenters. The normalized spacial score (nSPS) is 10.2. The van der Waals surface area contributed by atoms with E-state index in [4.69, 9.17) is 4.74 Å². The molecule has 0 atom stereocenters. The summed E-state index contributed by atoms with van der Waals surface area (Å²) in [6.45, 7) is 4.66. The maximum atomic E-state index is 10.9. The highest BCUT2D eigenvalue weighted by Crippen LogP contribution is 2.20. The zero-order valence-corrected chi connectivity index (χ0v) is 10.3. The molecule has 0 aliphatic heterocycles. The second kappa shape index (κ2) is 5.51. The van der Waals surface area contributed by atoms with Gasteiger partial charge in [0, 0.05) is 13.5 Å². The largest absolute Gasteiger partial charge is 0.744 e. The molecule has 0 saturated heterocycles. The number of ether oxygens (including phenoxy) is 1. The first-order chi connectivity index (χ1) is 7.34. The zero-order valence-electron chi connectivity index (χ0n) is 9.47. The summed E-state index contributed by atoms with van der Waals surface area (Å²) < 4.78 is 37.0. The first-order valence-corrected chi connectivity index (χ1v) is 5.66. The van der Waals surface area contributed by atoms with Crippen LogP contribution in [0, 0.1) is 14.4 Å². The van der Waals surface area contributed by atoms with E-state index in [-0.39, 0.29) is 23.6 Å². The molecular formula is C11H12O5S. The van der Waals surface area contributed by atoms with Gasteiger partial charge in [0.05, 0.1) is 4.90 Å². The molecule has 17 heavy (non-hydrogen) atoms. The molecule has 0 saturated carbocycles. The van der Waals surface area contributed by atoms with Crippen molar-refractivity contribution in [2.75, 3.05) is 0 Å². The summed E-state index contributed by atoms with van der Waals surface area (Å²) in [5.41, 5.74) is 0.226. The first kappa shape index (κ1) is 15.2. The summed E-state index contributed by atoms with van der Waals surface area (Å²) in [5, 5.41) is 0. The fraction of sp³-hybridized carbons (Fsp3) is 0.0909. The molecule has 1 rings (SSSR count). The Morgan fingerprint density at radius 1 is 1.47 bits per heavy atom. The minimum Gasteiger partial charge on any atom is -0.744 e. The van der Waals surface area contributed by atoms with E-state index < -0.39 is 16.1 Å². The molecule has 0 aliphatic carbocycles. The minimum absolute atomic E-state index is 0. The van der Waals surface area contributed by atoms with Crippen molar-refractivity contribution in [2.24, 2.45) is 0 Å². The van der Waals surface area contributed by atoms with Crippen molar-refractivity contribution in [1.82, 2.24) is 0 Å². The SMILES string of the molecule is C=CC(=O)Oc1ccc(S(=O)(=O)[O-])c(C)c1.[CH3+]. The third-order valence-corrected chi connectivity index (χ3v) is 2.80. The number of hydrogen-bond donors (Lipinski definition) is 0. The van der Waals surface area contributed by atoms with Gasteiger partial charge in [-0.3, -0.25) is 0 Å². The van der Waals surface area contributed by atoms with Crippen LogP contribution in [-0.4, -0.2) is 18.9 Å². The number of hydrogen-bond acceptors (Lipinski definition) is 5. The van der Waals surface area contributed by atoms with E-state index in [1.165, 1.54) is 19.1 Å². The van der Waals surface area contributed by atoms with Crippen LogP contribution in [0.1, 0.15) is 5.56 Å². The molecule has 0 N–H and O–H groups in total. The van der Waals surface area contributed by atoms with E-state index in [9.17, 15) is 17.8 Å². The van der Waals surface area contributed by atoms with Crippen LogP contribution < -0.4 is 4.74 Å². The van der Waals surface area contributed by atoms with Crippen LogP contribution in [0.3, 0.4) is 0 Å². The van der Waals surface area contributed by atoms with E-state index in [0.717, 1.165) is 12.1 Å². The van der Waals surface area contributed by atoms with E-state index in [1.807, 2.05) is 0 Å². The molecule has 0 amide bonds. The molecule has 0 heterocycles. The van der Waals surface area contributed by atoms with Crippen molar-refractivity contribution < 1.29 is 22.5 Å². The lowest BCUT2D eigenvalue weighted by atomic mass is 10.2. The number of carbonyl (C=O) groups is 1. The fourth-order valence-corrected chi connectivity index (χ4v) is 1.81. The van der Waals surface area contributed by atoms with Crippen LogP contribution in [0.2, 0.25) is 0 Å². The van der Waals surface area contributed by atoms with Gasteiger partial charge in [0.2, 0.25) is 0 Å². The lowest BCUT2D eigenvalue weighted by molar-refractivity contribution is -0.128. The Bertz CT molecular complexity index is 531. The Labute approximate surface area is 100 Å². The van der Waals surface area contributed by atoms with Crippen LogP contribution >= 0.6 is 0 Å². The summed E-state index contributed by atoms with van der Waals surface area (Å²) in [4.78, 5) is 10.5. The van der Waals surface area contributed by atoms with E-state index in [2.05, 4.69) is 6.58 Å². The Balaban J connectivity index is 0.00000256. The lowest BCUT2D eigenvalue weighted by Gasteiger charge is -2.11. The second-order valence-electron chi connectivity index (χ2n) is 3.01. The quantitative estimate of drug-likeness (QED) is 0.268. The Morgan fingerprint density at radius 2 is 2.06 bits per heavy atom. The van der Waals surface area contributed by atoms with Crippen LogP contribution in [0.25, 0.3) is 0 Å². The van der Waals surface area contributed by atoms with Gasteiger partial charge in [0.1, 0.15) is 15.9 Å². The van der Waals surface area contributed by atoms with E-state index in [0.29, 0.717) is 0 Å². The van der Waals surface area contributed by atoms with Gasteiger partial charge >= 0.3 is 5.97 Å². The Hall–Kier alpha value is -1.79. The van der Waals surface area contributed by atoms with Crippen molar-refractivity contribution in [1.29, 1.82) is 0 Å². The minimum atomic E-state index is -4.49. The summed E-state index contributed by atoms with van der Waals surface area (Å²) in [5.74, 6) is -0.494. The maximum Gasteiger partial charge on any atom is 0.335 e. The molecular weight excluding hydrogens is 244 g/mol. The Kier molecular flexibility index (Phi) is 4.93. The second-order valence-corrected chi connectivity index (χ2v) is 4.35. The molecule has 0 spiro atoms. The zero-order chi connectivity index (χ0) is 12.3. The van der Waals surface area contributed by atoms with Gasteiger partial charge in [-0.25, -0.2) is 13.2 Å². The summed E-state index contributed by atoms with van der Waals surface area (Å²) in [6.07, 6.45) is 0.980. The number of aryl methyl sites for hydroxylation is 1. The molecule has 92 valence electrons. The van der Waals surface area contributed by atoms with Gasteiger partial charge in [-0.15, -0.1) is 0 Å². The van der Waals surface area contributed by atoms with Gasteiger partial charge in [-0.05, 0) is 30.7 Å². The van der Waals surface area contributed by atoms with Crippen molar-refractivity contribution in [3.05, 3.63) is 43.8 Å². The molecule has 0 fully saturated rings. The highest BCUT2D eigenvalue weighted by atomic mass is 32.2. The van der Waals surface area contributed by atoms with Gasteiger partial charge in [0.25, 0.3) is 0 Å². The summed E-state index contributed by atoms with van der Waals surface area (Å²) in [6, 6.07) is 3.63. The third-order valence-electron chi connectivity index (χ3n) is 1.80. The van der Waals surface area contributed by atoms with Crippen molar-refractivity contribution >= 4 is 16.1 Å². The highest BCUT2D eigenvalue weighted by molar-refractivity contribution is 7.85. The smallest absolute Gasteiger partial charge is 0.335 e. The topological polar surface area (TPSA) is 83.5 Å². The average Bonchev–Trinajstić information content (AvgIpc) is 2.15. The molecule has 0 aromatic heterocycles. The highest BCUT2D eigenvalue weighted by Gasteiger charge is 2.08. The maximum absolute atomic E-state index is 10.9. The van der Waals surface area contributed by atoms with Crippen LogP contribution in [-0.2, 0) is 14.9 Å². The van der Waals surface area contributed by atoms with Gasteiger partial charge in [0.15, 0.2) is 0 Å². The Morgan fingerprint density at radius 3 is 2.47 bits per heavy atom. The predicted octanol–water partition coefficient (Wildman–Crippen LogP) is 1.44. The standard InChI is InChI=1S/C10H10O5S.CH3/c1-3-10(11)15-8-4-5-9(7(2)6-8)16(12,13)14;/h3-6H,1H2,2H3,(H,12,13,14);1H3/q;+1/p-1. The number of carbonyl (C=O) groups excluding carboxylic acids is 1. The third kappa shape index (κ3) is 3.93. The lowest BCUT2D eigenvalue weighted by Crippen LogP contribution is -2.05. The predicted molar refractivity (Wildman–Crippen MR) is 61.4 cm³/mol. The van der Waals surface area contributed by atoms with Gasteiger partial charge in [-0.1, -0.05) is 6.58 Å². The summed E-state index contributed by atoms with van der Waals surface area (Å²) in [7, 11) is -4.49. The van der Waals surface area contributed by atoms with Crippen LogP contribution in [0.5, 0.6) is 5.75 Å². The van der Waals surface area contributed by atoms with E-state index >= 15 is 0 Å². The number of benzene rings is 1. The van der Waals surface area contributed by atoms with Gasteiger partial charge in [-0.2, -0.15) is 0 Å². The van der Waals surface area contributed by atoms with Crippen LogP contribution in [0.15, 0.2) is 35.7 Å². The molecule has 0 bridgehead atoms. The molecule has 0 aliphatic rings. The summed E-state index contributed by atoms with van der Waals surface area (Å²) >= 11 is 0. The molecule has 6 heteroatoms. The van der Waals surface area contributed by atoms with Crippen molar-refractivity contribution in [3.63, 3.8) is 0 Å². The van der Waals surface area contributed by atoms with Crippen molar-refractivity contribution in [3.8, 4) is 5.75 Å². The molecule has 1 aromatic carbocycles. The number of esters is 1. The van der Waals surface area contributed by atoms with Gasteiger partial charge < -0.3 is 9.29 Å². The molecule has 1 aromatic rings. The monoisotopic (exact) mass is 256 g/mol. The van der Waals surface area contributed by atoms with Crippen LogP contribution in [0.4, 0.5) is 0 Å². The first-order valence-electron chi connectivity index (χ1n) is 4.25. The number of rotatable bonds is 3. The van der Waals surface area contributed by atoms with Crippen molar-refractivity contribution in [2.45, 2.75) is 11.8 Å². The molecule has 0 radical (unpaired) electrons. The average molecular weight is 256 g/mol.